The lowest BCUT2D eigenvalue weighted by Gasteiger charge is -2.27. The van der Waals surface area contributed by atoms with Gasteiger partial charge >= 0.3 is 0 Å². The lowest BCUT2D eigenvalue weighted by molar-refractivity contribution is 0.0707. The van der Waals surface area contributed by atoms with Crippen molar-refractivity contribution in [2.24, 2.45) is 0 Å². The Morgan fingerprint density at radius 3 is 2.59 bits per heavy atom. The van der Waals surface area contributed by atoms with E-state index in [1.54, 1.807) is 6.07 Å². The van der Waals surface area contributed by atoms with Crippen LogP contribution in [-0.4, -0.2) is 23.4 Å². The molecule has 1 amide bonds. The SMILES string of the molecule is CCCN(C(=O)c1cc(C)ccc1N)C(C)C. The minimum atomic E-state index is 0.0306. The molecule has 1 rings (SSSR count). The average molecular weight is 234 g/mol. The van der Waals surface area contributed by atoms with E-state index in [1.807, 2.05) is 37.8 Å². The first kappa shape index (κ1) is 13.6. The van der Waals surface area contributed by atoms with Gasteiger partial charge in [0.05, 0.1) is 5.56 Å². The summed E-state index contributed by atoms with van der Waals surface area (Å²) in [7, 11) is 0. The Hall–Kier alpha value is -1.51. The van der Waals surface area contributed by atoms with Gasteiger partial charge in [-0.2, -0.15) is 0 Å². The summed E-state index contributed by atoms with van der Waals surface area (Å²) in [5.74, 6) is 0.0306. The van der Waals surface area contributed by atoms with Crippen LogP contribution in [0.5, 0.6) is 0 Å². The Morgan fingerprint density at radius 1 is 1.41 bits per heavy atom. The first-order valence-corrected chi connectivity index (χ1v) is 6.14. The van der Waals surface area contributed by atoms with Crippen molar-refractivity contribution in [2.75, 3.05) is 12.3 Å². The molecule has 0 aromatic heterocycles. The van der Waals surface area contributed by atoms with Gasteiger partial charge in [-0.25, -0.2) is 0 Å². The van der Waals surface area contributed by atoms with Crippen LogP contribution < -0.4 is 5.73 Å². The first-order valence-electron chi connectivity index (χ1n) is 6.14. The van der Waals surface area contributed by atoms with Crippen molar-refractivity contribution in [2.45, 2.75) is 40.2 Å². The van der Waals surface area contributed by atoms with Gasteiger partial charge in [-0.3, -0.25) is 4.79 Å². The van der Waals surface area contributed by atoms with E-state index >= 15 is 0 Å². The van der Waals surface area contributed by atoms with Crippen LogP contribution in [0.15, 0.2) is 18.2 Å². The van der Waals surface area contributed by atoms with Gasteiger partial charge in [-0.1, -0.05) is 18.6 Å². The summed E-state index contributed by atoms with van der Waals surface area (Å²) < 4.78 is 0. The number of benzene rings is 1. The van der Waals surface area contributed by atoms with E-state index in [0.717, 1.165) is 18.5 Å². The molecule has 0 heterocycles. The highest BCUT2D eigenvalue weighted by molar-refractivity contribution is 5.99. The second-order valence-electron chi connectivity index (χ2n) is 4.68. The van der Waals surface area contributed by atoms with E-state index in [2.05, 4.69) is 6.92 Å². The summed E-state index contributed by atoms with van der Waals surface area (Å²) in [5.41, 5.74) is 8.11. The lowest BCUT2D eigenvalue weighted by atomic mass is 10.1. The molecule has 1 aromatic carbocycles. The predicted molar refractivity (Wildman–Crippen MR) is 72.1 cm³/mol. The Bertz CT molecular complexity index is 399. The topological polar surface area (TPSA) is 46.3 Å². The van der Waals surface area contributed by atoms with Gasteiger partial charge in [0, 0.05) is 18.3 Å². The maximum atomic E-state index is 12.4. The van der Waals surface area contributed by atoms with Crippen LogP contribution in [0, 0.1) is 6.92 Å². The quantitative estimate of drug-likeness (QED) is 0.814. The summed E-state index contributed by atoms with van der Waals surface area (Å²) in [5, 5.41) is 0. The van der Waals surface area contributed by atoms with Crippen molar-refractivity contribution in [3.63, 3.8) is 0 Å². The van der Waals surface area contributed by atoms with E-state index in [9.17, 15) is 4.79 Å². The van der Waals surface area contributed by atoms with Gasteiger partial charge in [0.15, 0.2) is 0 Å². The van der Waals surface area contributed by atoms with Crippen molar-refractivity contribution in [1.29, 1.82) is 0 Å². The van der Waals surface area contributed by atoms with Crippen LogP contribution in [0.3, 0.4) is 0 Å². The zero-order valence-electron chi connectivity index (χ0n) is 11.2. The molecule has 0 bridgehead atoms. The third-order valence-corrected chi connectivity index (χ3v) is 2.79. The van der Waals surface area contributed by atoms with E-state index in [4.69, 9.17) is 5.73 Å². The van der Waals surface area contributed by atoms with Gasteiger partial charge in [-0.05, 0) is 39.3 Å². The molecule has 0 saturated carbocycles. The second kappa shape index (κ2) is 5.71. The van der Waals surface area contributed by atoms with Crippen molar-refractivity contribution in [3.8, 4) is 0 Å². The minimum Gasteiger partial charge on any atom is -0.398 e. The number of amides is 1. The molecule has 3 heteroatoms. The normalized spacial score (nSPS) is 10.6. The molecule has 0 aliphatic carbocycles. The molecule has 0 aliphatic rings. The molecule has 1 aromatic rings. The summed E-state index contributed by atoms with van der Waals surface area (Å²) in [6.45, 7) is 8.86. The zero-order chi connectivity index (χ0) is 13.0. The van der Waals surface area contributed by atoms with Gasteiger partial charge in [0.25, 0.3) is 5.91 Å². The summed E-state index contributed by atoms with van der Waals surface area (Å²) >= 11 is 0. The van der Waals surface area contributed by atoms with Gasteiger partial charge in [-0.15, -0.1) is 0 Å². The lowest BCUT2D eigenvalue weighted by Crippen LogP contribution is -2.37. The Morgan fingerprint density at radius 2 is 2.06 bits per heavy atom. The van der Waals surface area contributed by atoms with Crippen molar-refractivity contribution in [3.05, 3.63) is 29.3 Å². The number of nitrogens with two attached hydrogens (primary N) is 1. The van der Waals surface area contributed by atoms with E-state index in [0.29, 0.717) is 11.3 Å². The molecule has 17 heavy (non-hydrogen) atoms. The van der Waals surface area contributed by atoms with E-state index in [-0.39, 0.29) is 11.9 Å². The molecule has 0 unspecified atom stereocenters. The Kier molecular flexibility index (Phi) is 4.55. The molecular weight excluding hydrogens is 212 g/mol. The Balaban J connectivity index is 3.04. The number of nitrogens with zero attached hydrogens (tertiary/aromatic N) is 1. The van der Waals surface area contributed by atoms with Gasteiger partial charge in [0.2, 0.25) is 0 Å². The highest BCUT2D eigenvalue weighted by Crippen LogP contribution is 2.17. The van der Waals surface area contributed by atoms with Crippen molar-refractivity contribution in [1.82, 2.24) is 4.90 Å². The van der Waals surface area contributed by atoms with Crippen LogP contribution in [0.4, 0.5) is 5.69 Å². The van der Waals surface area contributed by atoms with Crippen LogP contribution in [0.2, 0.25) is 0 Å². The third-order valence-electron chi connectivity index (χ3n) is 2.79. The number of hydrogen-bond acceptors (Lipinski definition) is 2. The maximum Gasteiger partial charge on any atom is 0.256 e. The third kappa shape index (κ3) is 3.22. The largest absolute Gasteiger partial charge is 0.398 e. The van der Waals surface area contributed by atoms with E-state index < -0.39 is 0 Å². The highest BCUT2D eigenvalue weighted by atomic mass is 16.2. The number of carbonyl (C=O) groups excluding carboxylic acids is 1. The monoisotopic (exact) mass is 234 g/mol. The van der Waals surface area contributed by atoms with E-state index in [1.165, 1.54) is 0 Å². The van der Waals surface area contributed by atoms with Gasteiger partial charge < -0.3 is 10.6 Å². The highest BCUT2D eigenvalue weighted by Gasteiger charge is 2.19. The fraction of sp³-hybridized carbons (Fsp3) is 0.500. The summed E-state index contributed by atoms with van der Waals surface area (Å²) in [4.78, 5) is 14.3. The fourth-order valence-electron chi connectivity index (χ4n) is 1.85. The van der Waals surface area contributed by atoms with Crippen LogP contribution in [-0.2, 0) is 0 Å². The molecule has 0 radical (unpaired) electrons. The summed E-state index contributed by atoms with van der Waals surface area (Å²) in [6.07, 6.45) is 0.954. The zero-order valence-corrected chi connectivity index (χ0v) is 11.2. The summed E-state index contributed by atoms with van der Waals surface area (Å²) in [6, 6.07) is 5.78. The molecule has 94 valence electrons. The molecular formula is C14H22N2O. The maximum absolute atomic E-state index is 12.4. The standard InChI is InChI=1S/C14H22N2O/c1-5-8-16(10(2)3)14(17)12-9-11(4)6-7-13(12)15/h6-7,9-10H,5,8,15H2,1-4H3. The predicted octanol–water partition coefficient (Wildman–Crippen LogP) is 2.84. The second-order valence-corrected chi connectivity index (χ2v) is 4.68. The van der Waals surface area contributed by atoms with Gasteiger partial charge in [0.1, 0.15) is 0 Å². The fourth-order valence-corrected chi connectivity index (χ4v) is 1.85. The van der Waals surface area contributed by atoms with Crippen molar-refractivity contribution >= 4 is 11.6 Å². The molecule has 0 saturated heterocycles. The average Bonchev–Trinajstić information content (AvgIpc) is 2.28. The smallest absolute Gasteiger partial charge is 0.256 e. The molecule has 0 fully saturated rings. The Labute approximate surface area is 104 Å². The number of carbonyl (C=O) groups is 1. The number of rotatable bonds is 4. The number of aryl methyl sites for hydroxylation is 1. The molecule has 0 spiro atoms. The molecule has 0 atom stereocenters. The van der Waals surface area contributed by atoms with Crippen molar-refractivity contribution < 1.29 is 4.79 Å². The number of nitrogen functional groups attached to an aromatic ring is 1. The molecule has 0 aliphatic heterocycles. The first-order chi connectivity index (χ1) is 7.97. The van der Waals surface area contributed by atoms with Crippen LogP contribution in [0.25, 0.3) is 0 Å². The number of anilines is 1. The minimum absolute atomic E-state index is 0.0306. The molecule has 2 N–H and O–H groups in total. The molecule has 3 nitrogen and oxygen atoms in total. The van der Waals surface area contributed by atoms with Crippen LogP contribution in [0.1, 0.15) is 43.1 Å². The van der Waals surface area contributed by atoms with Crippen LogP contribution >= 0.6 is 0 Å². The number of hydrogen-bond donors (Lipinski definition) is 1.